The van der Waals surface area contributed by atoms with E-state index >= 15 is 0 Å². The van der Waals surface area contributed by atoms with E-state index in [9.17, 15) is 22.8 Å². The lowest BCUT2D eigenvalue weighted by Crippen LogP contribution is -2.39. The Morgan fingerprint density at radius 2 is 1.67 bits per heavy atom. The molecule has 1 atom stereocenters. The number of carbonyl (C=O) groups excluding carboxylic acids is 2. The number of alkyl halides is 3. The van der Waals surface area contributed by atoms with Crippen LogP contribution in [-0.2, 0) is 11.0 Å². The molecule has 1 aliphatic heterocycles. The van der Waals surface area contributed by atoms with Crippen molar-refractivity contribution in [1.82, 2.24) is 9.91 Å². The molecule has 3 aromatic rings. The predicted molar refractivity (Wildman–Crippen MR) is 140 cm³/mol. The number of rotatable bonds is 7. The molecule has 0 radical (unpaired) electrons. The van der Waals surface area contributed by atoms with Gasteiger partial charge in [0.15, 0.2) is 0 Å². The molecular formula is C29H28F3N3O4. The van der Waals surface area contributed by atoms with E-state index in [1.165, 1.54) is 24.1 Å². The van der Waals surface area contributed by atoms with Gasteiger partial charge in [0.05, 0.1) is 31.5 Å². The summed E-state index contributed by atoms with van der Waals surface area (Å²) in [6.45, 7) is 1.64. The lowest BCUT2D eigenvalue weighted by atomic mass is 9.97. The highest BCUT2D eigenvalue weighted by Gasteiger charge is 2.35. The van der Waals surface area contributed by atoms with E-state index in [0.29, 0.717) is 29.2 Å². The van der Waals surface area contributed by atoms with Gasteiger partial charge >= 0.3 is 6.18 Å². The van der Waals surface area contributed by atoms with Gasteiger partial charge in [0.1, 0.15) is 18.0 Å². The number of hydrazone groups is 1. The van der Waals surface area contributed by atoms with Crippen LogP contribution in [0, 0.1) is 6.92 Å². The third kappa shape index (κ3) is 6.05. The van der Waals surface area contributed by atoms with Gasteiger partial charge in [0, 0.05) is 30.7 Å². The van der Waals surface area contributed by atoms with Crippen LogP contribution >= 0.6 is 0 Å². The SMILES string of the molecule is COc1ccc(C2=NN(C(=O)CN(C)C(=O)c3ccc(C(F)(F)F)cc3)C(c3ccc(C)cc3)C2)c(OC)c1. The van der Waals surface area contributed by atoms with E-state index in [0.717, 1.165) is 35.4 Å². The molecule has 2 amide bonds. The van der Waals surface area contributed by atoms with Gasteiger partial charge in [-0.3, -0.25) is 9.59 Å². The van der Waals surface area contributed by atoms with E-state index in [-0.39, 0.29) is 12.1 Å². The Morgan fingerprint density at radius 1 is 1.00 bits per heavy atom. The van der Waals surface area contributed by atoms with Gasteiger partial charge in [0.25, 0.3) is 11.8 Å². The van der Waals surface area contributed by atoms with Crippen molar-refractivity contribution in [3.63, 3.8) is 0 Å². The molecule has 1 heterocycles. The second-order valence-electron chi connectivity index (χ2n) is 9.22. The van der Waals surface area contributed by atoms with Crippen LogP contribution in [0.1, 0.15) is 45.1 Å². The summed E-state index contributed by atoms with van der Waals surface area (Å²) < 4.78 is 49.5. The summed E-state index contributed by atoms with van der Waals surface area (Å²) in [5.41, 5.74) is 2.46. The average Bonchev–Trinajstić information content (AvgIpc) is 3.37. The predicted octanol–water partition coefficient (Wildman–Crippen LogP) is 5.48. The van der Waals surface area contributed by atoms with Gasteiger partial charge in [-0.2, -0.15) is 18.3 Å². The van der Waals surface area contributed by atoms with E-state index in [2.05, 4.69) is 5.10 Å². The summed E-state index contributed by atoms with van der Waals surface area (Å²) in [5, 5.41) is 6.00. The minimum Gasteiger partial charge on any atom is -0.497 e. The van der Waals surface area contributed by atoms with Crippen LogP contribution in [0.5, 0.6) is 11.5 Å². The van der Waals surface area contributed by atoms with Crippen LogP contribution in [0.3, 0.4) is 0 Å². The molecule has 0 fully saturated rings. The average molecular weight is 540 g/mol. The lowest BCUT2D eigenvalue weighted by Gasteiger charge is -2.25. The van der Waals surface area contributed by atoms with Gasteiger partial charge < -0.3 is 14.4 Å². The number of hydrogen-bond acceptors (Lipinski definition) is 5. The number of amides is 2. The minimum atomic E-state index is -4.51. The first kappa shape index (κ1) is 27.7. The number of nitrogens with zero attached hydrogens (tertiary/aromatic N) is 3. The molecule has 0 aromatic heterocycles. The Bertz CT molecular complexity index is 1390. The largest absolute Gasteiger partial charge is 0.497 e. The highest BCUT2D eigenvalue weighted by Crippen LogP contribution is 2.36. The monoisotopic (exact) mass is 539 g/mol. The van der Waals surface area contributed by atoms with Gasteiger partial charge in [0.2, 0.25) is 0 Å². The Balaban J connectivity index is 1.60. The second kappa shape index (κ2) is 11.2. The number of carbonyl (C=O) groups is 2. The topological polar surface area (TPSA) is 71.4 Å². The van der Waals surface area contributed by atoms with Gasteiger partial charge in [-0.1, -0.05) is 29.8 Å². The third-order valence-corrected chi connectivity index (χ3v) is 6.53. The Hall–Kier alpha value is -4.34. The molecule has 7 nitrogen and oxygen atoms in total. The molecule has 0 N–H and O–H groups in total. The molecule has 0 saturated carbocycles. The molecule has 10 heteroatoms. The zero-order valence-corrected chi connectivity index (χ0v) is 22.0. The summed E-state index contributed by atoms with van der Waals surface area (Å²) in [6, 6.07) is 16.6. The smallest absolute Gasteiger partial charge is 0.416 e. The van der Waals surface area contributed by atoms with Crippen molar-refractivity contribution in [2.45, 2.75) is 25.6 Å². The number of halogens is 3. The maximum Gasteiger partial charge on any atom is 0.416 e. The molecule has 0 bridgehead atoms. The number of methoxy groups -OCH3 is 2. The molecule has 1 aliphatic rings. The summed E-state index contributed by atoms with van der Waals surface area (Å²) >= 11 is 0. The number of hydrogen-bond donors (Lipinski definition) is 0. The normalized spacial score (nSPS) is 15.1. The molecule has 0 aliphatic carbocycles. The minimum absolute atomic E-state index is 0.0435. The number of likely N-dealkylation sites (N-methyl/N-ethyl adjacent to an activating group) is 1. The summed E-state index contributed by atoms with van der Waals surface area (Å²) in [4.78, 5) is 27.5. The fraction of sp³-hybridized carbons (Fsp3) is 0.276. The second-order valence-corrected chi connectivity index (χ2v) is 9.22. The van der Waals surface area contributed by atoms with Crippen molar-refractivity contribution in [1.29, 1.82) is 0 Å². The highest BCUT2D eigenvalue weighted by atomic mass is 19.4. The molecule has 0 spiro atoms. The van der Waals surface area contributed by atoms with Crippen LogP contribution in [0.2, 0.25) is 0 Å². The highest BCUT2D eigenvalue weighted by molar-refractivity contribution is 6.05. The van der Waals surface area contributed by atoms with E-state index in [1.54, 1.807) is 19.2 Å². The molecule has 0 saturated heterocycles. The quantitative estimate of drug-likeness (QED) is 0.399. The zero-order valence-electron chi connectivity index (χ0n) is 22.0. The first-order valence-corrected chi connectivity index (χ1v) is 12.1. The van der Waals surface area contributed by atoms with Crippen LogP contribution in [0.4, 0.5) is 13.2 Å². The lowest BCUT2D eigenvalue weighted by molar-refractivity contribution is -0.137. The van der Waals surface area contributed by atoms with E-state index < -0.39 is 29.6 Å². The van der Waals surface area contributed by atoms with Crippen molar-refractivity contribution in [2.75, 3.05) is 27.8 Å². The molecule has 1 unspecified atom stereocenters. The number of benzene rings is 3. The zero-order chi connectivity index (χ0) is 28.3. The Labute approximate surface area is 224 Å². The Morgan fingerprint density at radius 3 is 2.26 bits per heavy atom. The van der Waals surface area contributed by atoms with Crippen molar-refractivity contribution in [2.24, 2.45) is 5.10 Å². The summed E-state index contributed by atoms with van der Waals surface area (Å²) in [6.07, 6.45) is -4.10. The first-order valence-electron chi connectivity index (χ1n) is 12.1. The molecule has 39 heavy (non-hydrogen) atoms. The maximum absolute atomic E-state index is 13.5. The summed E-state index contributed by atoms with van der Waals surface area (Å²) in [7, 11) is 4.51. The van der Waals surface area contributed by atoms with Crippen LogP contribution in [-0.4, -0.2) is 55.2 Å². The molecule has 3 aromatic carbocycles. The molecule has 204 valence electrons. The maximum atomic E-state index is 13.5. The fourth-order valence-corrected chi connectivity index (χ4v) is 4.36. The van der Waals surface area contributed by atoms with Gasteiger partial charge in [-0.25, -0.2) is 5.01 Å². The molecule has 4 rings (SSSR count). The molecular weight excluding hydrogens is 511 g/mol. The van der Waals surface area contributed by atoms with E-state index in [4.69, 9.17) is 9.47 Å². The number of aryl methyl sites for hydroxylation is 1. The van der Waals surface area contributed by atoms with Crippen LogP contribution in [0.25, 0.3) is 0 Å². The fourth-order valence-electron chi connectivity index (χ4n) is 4.36. The third-order valence-electron chi connectivity index (χ3n) is 6.53. The van der Waals surface area contributed by atoms with Crippen LogP contribution in [0.15, 0.2) is 71.8 Å². The van der Waals surface area contributed by atoms with Gasteiger partial charge in [-0.15, -0.1) is 0 Å². The Kier molecular flexibility index (Phi) is 7.94. The van der Waals surface area contributed by atoms with Gasteiger partial charge in [-0.05, 0) is 48.9 Å². The van der Waals surface area contributed by atoms with E-state index in [1.807, 2.05) is 37.3 Å². The van der Waals surface area contributed by atoms with Crippen molar-refractivity contribution in [3.05, 3.63) is 94.5 Å². The van der Waals surface area contributed by atoms with Crippen molar-refractivity contribution < 1.29 is 32.2 Å². The van der Waals surface area contributed by atoms with Crippen LogP contribution < -0.4 is 9.47 Å². The van der Waals surface area contributed by atoms with Crippen molar-refractivity contribution in [3.8, 4) is 11.5 Å². The first-order chi connectivity index (χ1) is 18.5. The van der Waals surface area contributed by atoms with Crippen molar-refractivity contribution >= 4 is 17.5 Å². The standard InChI is InChI=1S/C29H28F3N3O4/c1-18-5-7-19(8-6-18)25-16-24(23-14-13-22(38-3)15-26(23)39-4)33-35(25)27(36)17-34(2)28(37)20-9-11-21(12-10-20)29(30,31)32/h5-15,25H,16-17H2,1-4H3. The summed E-state index contributed by atoms with van der Waals surface area (Å²) in [5.74, 6) is 0.135. The number of ether oxygens (including phenoxy) is 2.